The van der Waals surface area contributed by atoms with E-state index >= 15 is 0 Å². The van der Waals surface area contributed by atoms with Gasteiger partial charge in [0.25, 0.3) is 0 Å². The van der Waals surface area contributed by atoms with Crippen LogP contribution in [0.4, 0.5) is 18.0 Å². The van der Waals surface area contributed by atoms with Gasteiger partial charge in [0.2, 0.25) is 0 Å². The van der Waals surface area contributed by atoms with Gasteiger partial charge in [0.15, 0.2) is 5.69 Å². The molecule has 0 fully saturated rings. The average molecular weight is 314 g/mol. The Labute approximate surface area is 127 Å². The van der Waals surface area contributed by atoms with Crippen molar-refractivity contribution in [1.29, 1.82) is 0 Å². The van der Waals surface area contributed by atoms with Gasteiger partial charge in [-0.25, -0.2) is 4.79 Å². The van der Waals surface area contributed by atoms with E-state index in [9.17, 15) is 18.0 Å². The van der Waals surface area contributed by atoms with Gasteiger partial charge in [0, 0.05) is 19.2 Å². The number of alkyl carbamates (subject to hydrolysis) is 1. The van der Waals surface area contributed by atoms with Crippen LogP contribution in [0.15, 0.2) is 18.3 Å². The van der Waals surface area contributed by atoms with Crippen molar-refractivity contribution in [3.8, 4) is 11.8 Å². The van der Waals surface area contributed by atoms with E-state index in [-0.39, 0.29) is 18.5 Å². The first-order valence-corrected chi connectivity index (χ1v) is 6.57. The molecule has 0 atom stereocenters. The number of hydrogen-bond acceptors (Lipinski definition) is 3. The van der Waals surface area contributed by atoms with Crippen molar-refractivity contribution in [3.05, 3.63) is 29.6 Å². The normalized spacial score (nSPS) is 11.4. The van der Waals surface area contributed by atoms with E-state index in [2.05, 4.69) is 22.1 Å². The van der Waals surface area contributed by atoms with Crippen LogP contribution in [0.5, 0.6) is 0 Å². The van der Waals surface area contributed by atoms with Gasteiger partial charge < -0.3 is 10.1 Å². The van der Waals surface area contributed by atoms with Gasteiger partial charge in [-0.1, -0.05) is 11.8 Å². The van der Waals surface area contributed by atoms with Gasteiger partial charge in [0.1, 0.15) is 5.60 Å². The fraction of sp³-hybridized carbons (Fsp3) is 0.467. The Morgan fingerprint density at radius 2 is 2.05 bits per heavy atom. The fourth-order valence-electron chi connectivity index (χ4n) is 1.43. The van der Waals surface area contributed by atoms with Crippen LogP contribution in [0, 0.1) is 11.8 Å². The first-order chi connectivity index (χ1) is 10.1. The number of alkyl halides is 3. The van der Waals surface area contributed by atoms with Crippen molar-refractivity contribution in [2.75, 3.05) is 6.54 Å². The molecule has 0 aliphatic carbocycles. The standard InChI is InChI=1S/C15H17F3N2O2/c1-14(2,3)22-13(21)20-9-5-4-7-11-8-6-10-19-12(11)15(16,17)18/h6,8,10H,5,9H2,1-3H3,(H,20,21). The predicted octanol–water partition coefficient (Wildman–Crippen LogP) is 3.37. The summed E-state index contributed by atoms with van der Waals surface area (Å²) in [7, 11) is 0. The van der Waals surface area contributed by atoms with E-state index in [0.717, 1.165) is 6.20 Å². The van der Waals surface area contributed by atoms with Crippen LogP contribution in [0.3, 0.4) is 0 Å². The molecule has 1 amide bonds. The van der Waals surface area contributed by atoms with Crippen LogP contribution < -0.4 is 5.32 Å². The van der Waals surface area contributed by atoms with Crippen LogP contribution in [-0.4, -0.2) is 23.2 Å². The molecular formula is C15H17F3N2O2. The lowest BCUT2D eigenvalue weighted by atomic mass is 10.2. The van der Waals surface area contributed by atoms with Crippen molar-refractivity contribution in [1.82, 2.24) is 10.3 Å². The number of rotatable bonds is 2. The Hall–Kier alpha value is -2.23. The van der Waals surface area contributed by atoms with Gasteiger partial charge >= 0.3 is 12.3 Å². The minimum atomic E-state index is -4.54. The van der Waals surface area contributed by atoms with Crippen molar-refractivity contribution in [3.63, 3.8) is 0 Å². The van der Waals surface area contributed by atoms with E-state index in [1.807, 2.05) is 0 Å². The molecule has 0 bridgehead atoms. The quantitative estimate of drug-likeness (QED) is 0.672. The molecule has 0 aromatic carbocycles. The number of amides is 1. The molecule has 1 rings (SSSR count). The number of ether oxygens (including phenoxy) is 1. The number of hydrogen-bond donors (Lipinski definition) is 1. The summed E-state index contributed by atoms with van der Waals surface area (Å²) in [5.74, 6) is 4.99. The molecule has 1 aromatic rings. The van der Waals surface area contributed by atoms with Crippen LogP contribution in [0.1, 0.15) is 38.4 Å². The van der Waals surface area contributed by atoms with Crippen molar-refractivity contribution in [2.45, 2.75) is 39.0 Å². The van der Waals surface area contributed by atoms with Gasteiger partial charge in [-0.2, -0.15) is 13.2 Å². The minimum Gasteiger partial charge on any atom is -0.444 e. The number of nitrogens with zero attached hydrogens (tertiary/aromatic N) is 1. The summed E-state index contributed by atoms with van der Waals surface area (Å²) >= 11 is 0. The van der Waals surface area contributed by atoms with Gasteiger partial charge in [-0.15, -0.1) is 0 Å². The summed E-state index contributed by atoms with van der Waals surface area (Å²) in [5.41, 5.74) is -1.80. The first kappa shape index (κ1) is 17.8. The van der Waals surface area contributed by atoms with Crippen LogP contribution >= 0.6 is 0 Å². The molecule has 0 unspecified atom stereocenters. The zero-order valence-electron chi connectivity index (χ0n) is 12.5. The second-order valence-corrected chi connectivity index (χ2v) is 5.38. The second kappa shape index (κ2) is 7.16. The topological polar surface area (TPSA) is 51.2 Å². The number of pyridine rings is 1. The molecule has 0 spiro atoms. The summed E-state index contributed by atoms with van der Waals surface area (Å²) in [6.45, 7) is 5.37. The summed E-state index contributed by atoms with van der Waals surface area (Å²) < 4.78 is 43.1. The monoisotopic (exact) mass is 314 g/mol. The van der Waals surface area contributed by atoms with Gasteiger partial charge in [-0.05, 0) is 32.9 Å². The third kappa shape index (κ3) is 6.48. The molecule has 0 radical (unpaired) electrons. The summed E-state index contributed by atoms with van der Waals surface area (Å²) in [6.07, 6.45) is -3.87. The van der Waals surface area contributed by atoms with Crippen LogP contribution in [-0.2, 0) is 10.9 Å². The molecule has 22 heavy (non-hydrogen) atoms. The van der Waals surface area contributed by atoms with Crippen LogP contribution in [0.25, 0.3) is 0 Å². The number of halogens is 3. The second-order valence-electron chi connectivity index (χ2n) is 5.38. The smallest absolute Gasteiger partial charge is 0.434 e. The highest BCUT2D eigenvalue weighted by Crippen LogP contribution is 2.29. The summed E-state index contributed by atoms with van der Waals surface area (Å²) in [6, 6.07) is 2.64. The van der Waals surface area contributed by atoms with E-state index in [1.165, 1.54) is 12.1 Å². The van der Waals surface area contributed by atoms with Gasteiger partial charge in [-0.3, -0.25) is 4.98 Å². The number of carbonyl (C=O) groups excluding carboxylic acids is 1. The summed E-state index contributed by atoms with van der Waals surface area (Å²) in [5, 5.41) is 2.47. The lowest BCUT2D eigenvalue weighted by Crippen LogP contribution is -2.32. The van der Waals surface area contributed by atoms with Crippen molar-refractivity contribution in [2.24, 2.45) is 0 Å². The lowest BCUT2D eigenvalue weighted by Gasteiger charge is -2.19. The predicted molar refractivity (Wildman–Crippen MR) is 75.0 cm³/mol. The zero-order chi connectivity index (χ0) is 16.8. The first-order valence-electron chi connectivity index (χ1n) is 6.57. The maximum absolute atomic E-state index is 12.7. The molecule has 0 saturated heterocycles. The average Bonchev–Trinajstić information content (AvgIpc) is 2.35. The van der Waals surface area contributed by atoms with Gasteiger partial charge in [0.05, 0.1) is 5.56 Å². The molecule has 0 saturated carbocycles. The third-order valence-corrected chi connectivity index (χ3v) is 2.22. The van der Waals surface area contributed by atoms with Crippen LogP contribution in [0.2, 0.25) is 0 Å². The molecule has 0 aliphatic heterocycles. The Balaban J connectivity index is 2.55. The Morgan fingerprint density at radius 1 is 1.36 bits per heavy atom. The highest BCUT2D eigenvalue weighted by Gasteiger charge is 2.34. The molecular weight excluding hydrogens is 297 g/mol. The third-order valence-electron chi connectivity index (χ3n) is 2.22. The van der Waals surface area contributed by atoms with E-state index in [4.69, 9.17) is 4.74 Å². The molecule has 0 aliphatic rings. The molecule has 1 N–H and O–H groups in total. The largest absolute Gasteiger partial charge is 0.444 e. The SMILES string of the molecule is CC(C)(C)OC(=O)NCCC#Cc1cccnc1C(F)(F)F. The maximum atomic E-state index is 12.7. The Kier molecular flexibility index (Phi) is 5.80. The Bertz CT molecular complexity index is 581. The van der Waals surface area contributed by atoms with E-state index < -0.39 is 23.6 Å². The number of aromatic nitrogens is 1. The lowest BCUT2D eigenvalue weighted by molar-refractivity contribution is -0.141. The number of carbonyl (C=O) groups is 1. The minimum absolute atomic E-state index is 0.184. The molecule has 1 heterocycles. The zero-order valence-corrected chi connectivity index (χ0v) is 12.5. The molecule has 120 valence electrons. The molecule has 1 aromatic heterocycles. The van der Waals surface area contributed by atoms with Crippen molar-refractivity contribution < 1.29 is 22.7 Å². The highest BCUT2D eigenvalue weighted by molar-refractivity contribution is 5.67. The van der Waals surface area contributed by atoms with Crippen molar-refractivity contribution >= 4 is 6.09 Å². The number of nitrogens with one attached hydrogen (secondary N) is 1. The van der Waals surface area contributed by atoms with E-state index in [0.29, 0.717) is 0 Å². The summed E-state index contributed by atoms with van der Waals surface area (Å²) in [4.78, 5) is 14.6. The fourth-order valence-corrected chi connectivity index (χ4v) is 1.43. The molecule has 7 heteroatoms. The highest BCUT2D eigenvalue weighted by atomic mass is 19.4. The Morgan fingerprint density at radius 3 is 2.64 bits per heavy atom. The van der Waals surface area contributed by atoms with E-state index in [1.54, 1.807) is 20.8 Å². The molecule has 4 nitrogen and oxygen atoms in total. The maximum Gasteiger partial charge on any atom is 0.434 e.